The van der Waals surface area contributed by atoms with Crippen LogP contribution in [0.4, 0.5) is 11.4 Å². The first kappa shape index (κ1) is 21.0. The molecule has 28 heavy (non-hydrogen) atoms. The highest BCUT2D eigenvalue weighted by molar-refractivity contribution is 5.96. The molecule has 2 N–H and O–H groups in total. The minimum absolute atomic E-state index is 0.0223. The van der Waals surface area contributed by atoms with E-state index in [1.807, 2.05) is 0 Å². The van der Waals surface area contributed by atoms with Crippen LogP contribution in [0.3, 0.4) is 0 Å². The van der Waals surface area contributed by atoms with Crippen molar-refractivity contribution in [3.63, 3.8) is 0 Å². The molecule has 2 rings (SSSR count). The average molecular weight is 380 g/mol. The molecule has 6 heteroatoms. The van der Waals surface area contributed by atoms with Gasteiger partial charge in [0.15, 0.2) is 11.6 Å². The smallest absolute Gasteiger partial charge is 0.224 e. The number of carbonyl (C=O) groups is 4. The molecular formula is C22H24N2O4. The first-order valence-electron chi connectivity index (χ1n) is 9.17. The number of rotatable bonds is 9. The number of carbonyl (C=O) groups excluding carboxylic acids is 4. The van der Waals surface area contributed by atoms with Gasteiger partial charge in [-0.15, -0.1) is 0 Å². The first-order valence-corrected chi connectivity index (χ1v) is 9.17. The van der Waals surface area contributed by atoms with Crippen LogP contribution in [0.2, 0.25) is 0 Å². The van der Waals surface area contributed by atoms with Crippen LogP contribution < -0.4 is 10.6 Å². The first-order chi connectivity index (χ1) is 13.3. The van der Waals surface area contributed by atoms with Gasteiger partial charge in [-0.1, -0.05) is 0 Å². The highest BCUT2D eigenvalue weighted by Crippen LogP contribution is 2.13. The quantitative estimate of drug-likeness (QED) is 0.503. The number of hydrogen-bond acceptors (Lipinski definition) is 4. The van der Waals surface area contributed by atoms with Crippen molar-refractivity contribution in [1.82, 2.24) is 0 Å². The number of unbranched alkanes of at least 4 members (excludes halogenated alkanes) is 1. The lowest BCUT2D eigenvalue weighted by atomic mass is 10.1. The van der Waals surface area contributed by atoms with Crippen LogP contribution in [0.15, 0.2) is 48.5 Å². The Morgan fingerprint density at radius 2 is 0.929 bits per heavy atom. The number of ketones is 2. The zero-order valence-electron chi connectivity index (χ0n) is 16.1. The third-order valence-electron chi connectivity index (χ3n) is 4.21. The van der Waals surface area contributed by atoms with Crippen molar-refractivity contribution in [2.75, 3.05) is 10.6 Å². The number of hydrogen-bond donors (Lipinski definition) is 2. The Bertz CT molecular complexity index is 782. The van der Waals surface area contributed by atoms with Gasteiger partial charge in [-0.25, -0.2) is 0 Å². The molecule has 0 saturated heterocycles. The molecule has 0 aromatic heterocycles. The van der Waals surface area contributed by atoms with Gasteiger partial charge in [-0.05, 0) is 75.2 Å². The lowest BCUT2D eigenvalue weighted by Gasteiger charge is -2.07. The van der Waals surface area contributed by atoms with Crippen molar-refractivity contribution in [3.05, 3.63) is 59.7 Å². The molecule has 0 spiro atoms. The summed E-state index contributed by atoms with van der Waals surface area (Å²) in [5.41, 5.74) is 2.48. The van der Waals surface area contributed by atoms with Crippen molar-refractivity contribution in [3.8, 4) is 0 Å². The van der Waals surface area contributed by atoms with Gasteiger partial charge in [-0.2, -0.15) is 0 Å². The molecule has 0 bridgehead atoms. The number of anilines is 2. The summed E-state index contributed by atoms with van der Waals surface area (Å²) in [4.78, 5) is 46.4. The van der Waals surface area contributed by atoms with Gasteiger partial charge in [0.05, 0.1) is 0 Å². The fourth-order valence-electron chi connectivity index (χ4n) is 2.59. The molecule has 0 fully saturated rings. The van der Waals surface area contributed by atoms with Crippen molar-refractivity contribution >= 4 is 34.8 Å². The second-order valence-electron chi connectivity index (χ2n) is 6.57. The maximum atomic E-state index is 11.9. The van der Waals surface area contributed by atoms with Gasteiger partial charge < -0.3 is 10.6 Å². The van der Waals surface area contributed by atoms with Crippen molar-refractivity contribution in [1.29, 1.82) is 0 Å². The number of benzene rings is 2. The van der Waals surface area contributed by atoms with Crippen molar-refractivity contribution in [2.24, 2.45) is 0 Å². The summed E-state index contributed by atoms with van der Waals surface area (Å²) < 4.78 is 0. The normalized spacial score (nSPS) is 10.2. The van der Waals surface area contributed by atoms with Crippen LogP contribution in [0.5, 0.6) is 0 Å². The Labute approximate surface area is 164 Å². The molecule has 6 nitrogen and oxygen atoms in total. The minimum atomic E-state index is -0.129. The van der Waals surface area contributed by atoms with E-state index in [1.165, 1.54) is 13.8 Å². The lowest BCUT2D eigenvalue weighted by molar-refractivity contribution is -0.118. The molecular weight excluding hydrogens is 356 g/mol. The maximum absolute atomic E-state index is 11.9. The van der Waals surface area contributed by atoms with Crippen LogP contribution in [-0.2, 0) is 9.59 Å². The van der Waals surface area contributed by atoms with E-state index in [0.717, 1.165) is 0 Å². The second-order valence-corrected chi connectivity index (χ2v) is 6.57. The van der Waals surface area contributed by atoms with E-state index in [1.54, 1.807) is 48.5 Å². The van der Waals surface area contributed by atoms with Crippen LogP contribution in [0, 0.1) is 0 Å². The van der Waals surface area contributed by atoms with Gasteiger partial charge in [0, 0.05) is 35.3 Å². The van der Waals surface area contributed by atoms with Crippen LogP contribution in [-0.4, -0.2) is 23.4 Å². The van der Waals surface area contributed by atoms with E-state index >= 15 is 0 Å². The zero-order chi connectivity index (χ0) is 20.5. The summed E-state index contributed by atoms with van der Waals surface area (Å²) in [6, 6.07) is 13.5. The average Bonchev–Trinajstić information content (AvgIpc) is 2.66. The van der Waals surface area contributed by atoms with Gasteiger partial charge in [0.25, 0.3) is 0 Å². The Balaban J connectivity index is 1.67. The Kier molecular flexibility index (Phi) is 7.63. The van der Waals surface area contributed by atoms with Crippen LogP contribution in [0.1, 0.15) is 60.2 Å². The second kappa shape index (κ2) is 10.2. The van der Waals surface area contributed by atoms with Crippen molar-refractivity contribution < 1.29 is 19.2 Å². The van der Waals surface area contributed by atoms with E-state index < -0.39 is 0 Å². The predicted octanol–water partition coefficient (Wildman–Crippen LogP) is 4.23. The monoisotopic (exact) mass is 380 g/mol. The number of nitrogens with one attached hydrogen (secondary N) is 2. The SMILES string of the molecule is CC(=O)c1ccc(NC(=O)CCCCC(=O)Nc2ccc(C(C)=O)cc2)cc1. The van der Waals surface area contributed by atoms with Crippen LogP contribution >= 0.6 is 0 Å². The molecule has 0 saturated carbocycles. The summed E-state index contributed by atoms with van der Waals surface area (Å²) in [5.74, 6) is -0.302. The molecule has 0 aliphatic heterocycles. The molecule has 2 aromatic carbocycles. The Morgan fingerprint density at radius 1 is 0.607 bits per heavy atom. The largest absolute Gasteiger partial charge is 0.326 e. The summed E-state index contributed by atoms with van der Waals surface area (Å²) in [6.07, 6.45) is 1.81. The highest BCUT2D eigenvalue weighted by Gasteiger charge is 2.07. The van der Waals surface area contributed by atoms with Gasteiger partial charge in [0.2, 0.25) is 11.8 Å². The van der Waals surface area contributed by atoms with E-state index in [9.17, 15) is 19.2 Å². The molecule has 0 aliphatic rings. The number of Topliss-reactive ketones (excluding diaryl/α,β-unsaturated/α-hetero) is 2. The lowest BCUT2D eigenvalue weighted by Crippen LogP contribution is -2.13. The molecule has 146 valence electrons. The van der Waals surface area contributed by atoms with Gasteiger partial charge in [-0.3, -0.25) is 19.2 Å². The summed E-state index contributed by atoms with van der Waals surface area (Å²) in [7, 11) is 0. The Morgan fingerprint density at radius 3 is 1.21 bits per heavy atom. The summed E-state index contributed by atoms with van der Waals surface area (Å²) in [6.45, 7) is 2.98. The van der Waals surface area contributed by atoms with E-state index in [4.69, 9.17) is 0 Å². The summed E-state index contributed by atoms with van der Waals surface area (Å²) in [5, 5.41) is 5.54. The molecule has 2 aromatic rings. The minimum Gasteiger partial charge on any atom is -0.326 e. The molecule has 0 heterocycles. The predicted molar refractivity (Wildman–Crippen MR) is 109 cm³/mol. The zero-order valence-corrected chi connectivity index (χ0v) is 16.1. The molecule has 2 amide bonds. The standard InChI is InChI=1S/C22H24N2O4/c1-15(25)17-7-11-19(12-8-17)23-21(27)5-3-4-6-22(28)24-20-13-9-18(10-14-20)16(2)26/h7-14H,3-6H2,1-2H3,(H,23,27)(H,24,28). The molecule has 0 radical (unpaired) electrons. The Hall–Kier alpha value is -3.28. The topological polar surface area (TPSA) is 92.3 Å². The van der Waals surface area contributed by atoms with Gasteiger partial charge >= 0.3 is 0 Å². The molecule has 0 atom stereocenters. The number of amides is 2. The van der Waals surface area contributed by atoms with E-state index in [2.05, 4.69) is 10.6 Å². The third kappa shape index (κ3) is 6.79. The maximum Gasteiger partial charge on any atom is 0.224 e. The molecule has 0 unspecified atom stereocenters. The third-order valence-corrected chi connectivity index (χ3v) is 4.21. The highest BCUT2D eigenvalue weighted by atomic mass is 16.2. The van der Waals surface area contributed by atoms with E-state index in [0.29, 0.717) is 48.2 Å². The fourth-order valence-corrected chi connectivity index (χ4v) is 2.59. The van der Waals surface area contributed by atoms with Crippen molar-refractivity contribution in [2.45, 2.75) is 39.5 Å². The fraction of sp³-hybridized carbons (Fsp3) is 0.273. The van der Waals surface area contributed by atoms with Gasteiger partial charge in [0.1, 0.15) is 0 Å². The summed E-state index contributed by atoms with van der Waals surface area (Å²) >= 11 is 0. The van der Waals surface area contributed by atoms with E-state index in [-0.39, 0.29) is 23.4 Å². The molecule has 0 aliphatic carbocycles. The van der Waals surface area contributed by atoms with Crippen LogP contribution in [0.25, 0.3) is 0 Å².